The predicted octanol–water partition coefficient (Wildman–Crippen LogP) is 1.45. The smallest absolute Gasteiger partial charge is 0.349 e. The molecule has 2 heterocycles. The van der Waals surface area contributed by atoms with Gasteiger partial charge in [-0.15, -0.1) is 15.3 Å². The molecule has 0 unspecified atom stereocenters. The first-order valence-corrected chi connectivity index (χ1v) is 7.06. The summed E-state index contributed by atoms with van der Waals surface area (Å²) >= 11 is 0. The highest BCUT2D eigenvalue weighted by molar-refractivity contribution is 5.81. The number of nitrogens with zero attached hydrogens (tertiary/aromatic N) is 6. The molecule has 0 atom stereocenters. The Kier molecular flexibility index (Phi) is 4.71. The van der Waals surface area contributed by atoms with E-state index in [1.54, 1.807) is 11.9 Å². The van der Waals surface area contributed by atoms with Crippen molar-refractivity contribution in [2.45, 2.75) is 20.0 Å². The first-order valence-electron chi connectivity index (χ1n) is 7.06. The first kappa shape index (κ1) is 17.0. The van der Waals surface area contributed by atoms with E-state index in [9.17, 15) is 18.0 Å². The lowest BCUT2D eigenvalue weighted by molar-refractivity contribution is -0.146. The van der Waals surface area contributed by atoms with Gasteiger partial charge in [0.25, 0.3) is 5.82 Å². The average molecular weight is 330 g/mol. The highest BCUT2D eigenvalue weighted by atomic mass is 19.4. The molecule has 0 aromatic carbocycles. The van der Waals surface area contributed by atoms with Crippen molar-refractivity contribution in [2.24, 2.45) is 0 Å². The summed E-state index contributed by atoms with van der Waals surface area (Å²) in [4.78, 5) is 15.2. The second-order valence-corrected chi connectivity index (χ2v) is 4.90. The van der Waals surface area contributed by atoms with Gasteiger partial charge in [-0.2, -0.15) is 17.7 Å². The number of halogens is 3. The van der Waals surface area contributed by atoms with Gasteiger partial charge in [0.15, 0.2) is 5.65 Å². The highest BCUT2D eigenvalue weighted by Gasteiger charge is 2.37. The molecule has 7 nitrogen and oxygen atoms in total. The topological polar surface area (TPSA) is 66.6 Å². The molecule has 0 aliphatic carbocycles. The summed E-state index contributed by atoms with van der Waals surface area (Å²) in [7, 11) is 1.59. The Balaban J connectivity index is 2.27. The Labute approximate surface area is 130 Å². The van der Waals surface area contributed by atoms with E-state index in [0.717, 1.165) is 0 Å². The molecular formula is C13H17F3N6O. The molecule has 0 saturated heterocycles. The van der Waals surface area contributed by atoms with Crippen LogP contribution < -0.4 is 4.90 Å². The molecule has 2 aromatic rings. The van der Waals surface area contributed by atoms with E-state index in [4.69, 9.17) is 0 Å². The van der Waals surface area contributed by atoms with E-state index >= 15 is 0 Å². The van der Waals surface area contributed by atoms with Gasteiger partial charge in [0.2, 0.25) is 5.91 Å². The quantitative estimate of drug-likeness (QED) is 0.830. The van der Waals surface area contributed by atoms with Gasteiger partial charge in [-0.05, 0) is 26.0 Å². The Hall–Kier alpha value is -2.39. The first-order chi connectivity index (χ1) is 10.8. The van der Waals surface area contributed by atoms with Crippen LogP contribution in [0.4, 0.5) is 19.0 Å². The number of carbonyl (C=O) groups excluding carboxylic acids is 1. The molecule has 2 rings (SSSR count). The van der Waals surface area contributed by atoms with Crippen LogP contribution in [0.25, 0.3) is 5.65 Å². The maximum absolute atomic E-state index is 12.9. The van der Waals surface area contributed by atoms with Crippen molar-refractivity contribution < 1.29 is 18.0 Å². The van der Waals surface area contributed by atoms with E-state index in [2.05, 4.69) is 15.3 Å². The highest BCUT2D eigenvalue weighted by Crippen LogP contribution is 2.27. The van der Waals surface area contributed by atoms with E-state index < -0.39 is 12.0 Å². The number of carbonyl (C=O) groups is 1. The summed E-state index contributed by atoms with van der Waals surface area (Å²) in [6.45, 7) is 4.87. The maximum Gasteiger partial charge on any atom is 0.453 e. The van der Waals surface area contributed by atoms with Gasteiger partial charge in [0, 0.05) is 20.1 Å². The third kappa shape index (κ3) is 3.51. The number of likely N-dealkylation sites (N-methyl/N-ethyl adjacent to an activating group) is 2. The molecule has 0 bridgehead atoms. The minimum absolute atomic E-state index is 0.00968. The van der Waals surface area contributed by atoms with E-state index in [1.165, 1.54) is 17.0 Å². The summed E-state index contributed by atoms with van der Waals surface area (Å²) in [5.41, 5.74) is -0.00968. The van der Waals surface area contributed by atoms with Crippen LogP contribution >= 0.6 is 0 Å². The van der Waals surface area contributed by atoms with Crippen LogP contribution in [0, 0.1) is 0 Å². The maximum atomic E-state index is 12.9. The zero-order chi connectivity index (χ0) is 17.2. The molecule has 23 heavy (non-hydrogen) atoms. The number of anilines is 1. The van der Waals surface area contributed by atoms with Crippen LogP contribution in [0.1, 0.15) is 19.7 Å². The van der Waals surface area contributed by atoms with Crippen LogP contribution in [0.5, 0.6) is 0 Å². The predicted molar refractivity (Wildman–Crippen MR) is 77.0 cm³/mol. The fraction of sp³-hybridized carbons (Fsp3) is 0.538. The largest absolute Gasteiger partial charge is 0.453 e. The van der Waals surface area contributed by atoms with Crippen molar-refractivity contribution in [3.05, 3.63) is 18.0 Å². The zero-order valence-electron chi connectivity index (χ0n) is 13.0. The van der Waals surface area contributed by atoms with E-state index in [0.29, 0.717) is 17.6 Å². The lowest BCUT2D eigenvalue weighted by atomic mass is 10.4. The second-order valence-electron chi connectivity index (χ2n) is 4.90. The van der Waals surface area contributed by atoms with Crippen LogP contribution in [0.2, 0.25) is 0 Å². The van der Waals surface area contributed by atoms with Crippen molar-refractivity contribution in [2.75, 3.05) is 31.6 Å². The van der Waals surface area contributed by atoms with Gasteiger partial charge in [-0.1, -0.05) is 0 Å². The molecule has 0 aliphatic heterocycles. The third-order valence-corrected chi connectivity index (χ3v) is 3.38. The van der Waals surface area contributed by atoms with E-state index in [1.807, 2.05) is 13.8 Å². The summed E-state index contributed by atoms with van der Waals surface area (Å²) < 4.78 is 39.2. The van der Waals surface area contributed by atoms with Crippen LogP contribution in [-0.4, -0.2) is 57.3 Å². The van der Waals surface area contributed by atoms with Gasteiger partial charge in [-0.3, -0.25) is 4.79 Å². The Bertz CT molecular complexity index is 695. The molecule has 0 radical (unpaired) electrons. The standard InChI is InChI=1S/C13H17F3N6O/c1-4-21(5-2)11(23)8-20(3)10-7-6-9-17-18-12(13(14,15)16)22(9)19-10/h6-7H,4-5,8H2,1-3H3. The minimum Gasteiger partial charge on any atom is -0.349 e. The van der Waals surface area contributed by atoms with Gasteiger partial charge in [0.05, 0.1) is 6.54 Å². The Morgan fingerprint density at radius 1 is 1.22 bits per heavy atom. The van der Waals surface area contributed by atoms with Crippen LogP contribution in [0.15, 0.2) is 12.1 Å². The second kappa shape index (κ2) is 6.39. The Morgan fingerprint density at radius 2 is 1.87 bits per heavy atom. The normalized spacial score (nSPS) is 11.7. The van der Waals surface area contributed by atoms with E-state index in [-0.39, 0.29) is 23.9 Å². The van der Waals surface area contributed by atoms with Crippen molar-refractivity contribution in [3.8, 4) is 0 Å². The molecule has 0 N–H and O–H groups in total. The molecule has 0 fully saturated rings. The molecule has 1 amide bonds. The molecule has 126 valence electrons. The van der Waals surface area contributed by atoms with Gasteiger partial charge in [0.1, 0.15) is 5.82 Å². The fourth-order valence-electron chi connectivity index (χ4n) is 2.12. The fourth-order valence-corrected chi connectivity index (χ4v) is 2.12. The van der Waals surface area contributed by atoms with Crippen LogP contribution in [0.3, 0.4) is 0 Å². The van der Waals surface area contributed by atoms with Crippen molar-refractivity contribution in [1.29, 1.82) is 0 Å². The van der Waals surface area contributed by atoms with Gasteiger partial charge in [-0.25, -0.2) is 0 Å². The average Bonchev–Trinajstić information content (AvgIpc) is 2.91. The lowest BCUT2D eigenvalue weighted by Gasteiger charge is -2.23. The number of amides is 1. The minimum atomic E-state index is -4.65. The summed E-state index contributed by atoms with van der Waals surface area (Å²) in [5.74, 6) is -1.10. The number of hydrogen-bond acceptors (Lipinski definition) is 5. The molecule has 10 heteroatoms. The molecule has 0 aliphatic rings. The third-order valence-electron chi connectivity index (χ3n) is 3.38. The summed E-state index contributed by atoms with van der Waals surface area (Å²) in [6.07, 6.45) is -4.65. The summed E-state index contributed by atoms with van der Waals surface area (Å²) in [6, 6.07) is 2.88. The number of fused-ring (bicyclic) bond motifs is 1. The van der Waals surface area contributed by atoms with Crippen molar-refractivity contribution in [1.82, 2.24) is 24.7 Å². The number of rotatable bonds is 5. The van der Waals surface area contributed by atoms with Gasteiger partial charge >= 0.3 is 6.18 Å². The number of hydrogen-bond donors (Lipinski definition) is 0. The molecular weight excluding hydrogens is 313 g/mol. The Morgan fingerprint density at radius 3 is 2.43 bits per heavy atom. The SMILES string of the molecule is CCN(CC)C(=O)CN(C)c1ccc2nnc(C(F)(F)F)n2n1. The van der Waals surface area contributed by atoms with Crippen molar-refractivity contribution >= 4 is 17.4 Å². The monoisotopic (exact) mass is 330 g/mol. The molecule has 0 spiro atoms. The van der Waals surface area contributed by atoms with Gasteiger partial charge < -0.3 is 9.80 Å². The lowest BCUT2D eigenvalue weighted by Crippen LogP contribution is -2.39. The van der Waals surface area contributed by atoms with Crippen LogP contribution in [-0.2, 0) is 11.0 Å². The van der Waals surface area contributed by atoms with Crippen molar-refractivity contribution in [3.63, 3.8) is 0 Å². The molecule has 2 aromatic heterocycles. The molecule has 0 saturated carbocycles. The zero-order valence-corrected chi connectivity index (χ0v) is 13.0. The summed E-state index contributed by atoms with van der Waals surface area (Å²) in [5, 5.41) is 10.4. The number of aromatic nitrogens is 4. The number of alkyl halides is 3.